The predicted octanol–water partition coefficient (Wildman–Crippen LogP) is 2.85. The molecule has 1 aliphatic heterocycles. The standard InChI is InChI=1S/C17H15FN2O3S/c1-2-23-16(22)8-15-20(14(21)10-24-15)9-12-7-13(18)6-11-4-3-5-19-17(11)12/h3-8H,2,9-10H2,1H3/b15-8+. The van der Waals surface area contributed by atoms with Crippen molar-refractivity contribution in [3.05, 3.63) is 52.9 Å². The number of carbonyl (C=O) groups is 2. The Morgan fingerprint density at radius 1 is 1.50 bits per heavy atom. The number of fused-ring (bicyclic) bond motifs is 1. The van der Waals surface area contributed by atoms with Crippen LogP contribution in [0.25, 0.3) is 10.9 Å². The highest BCUT2D eigenvalue weighted by Crippen LogP contribution is 2.31. The molecule has 1 amide bonds. The maximum absolute atomic E-state index is 13.9. The maximum Gasteiger partial charge on any atom is 0.333 e. The summed E-state index contributed by atoms with van der Waals surface area (Å²) in [6.45, 7) is 2.13. The van der Waals surface area contributed by atoms with Crippen molar-refractivity contribution in [3.8, 4) is 0 Å². The number of carbonyl (C=O) groups excluding carboxylic acids is 2. The van der Waals surface area contributed by atoms with Crippen LogP contribution in [0.1, 0.15) is 12.5 Å². The monoisotopic (exact) mass is 346 g/mol. The second kappa shape index (κ2) is 7.00. The normalized spacial score (nSPS) is 16.2. The van der Waals surface area contributed by atoms with E-state index in [9.17, 15) is 14.0 Å². The molecule has 0 saturated carbocycles. The molecule has 0 aliphatic carbocycles. The van der Waals surface area contributed by atoms with Gasteiger partial charge in [-0.1, -0.05) is 17.8 Å². The van der Waals surface area contributed by atoms with Crippen LogP contribution in [0.2, 0.25) is 0 Å². The van der Waals surface area contributed by atoms with E-state index in [1.165, 1.54) is 34.9 Å². The molecule has 24 heavy (non-hydrogen) atoms. The Balaban J connectivity index is 1.94. The number of thioether (sulfide) groups is 1. The van der Waals surface area contributed by atoms with E-state index in [0.29, 0.717) is 21.5 Å². The molecule has 124 valence electrons. The van der Waals surface area contributed by atoms with Crippen LogP contribution in [0.3, 0.4) is 0 Å². The minimum atomic E-state index is -0.498. The van der Waals surface area contributed by atoms with Gasteiger partial charge in [0.2, 0.25) is 5.91 Å². The number of aromatic nitrogens is 1. The Bertz CT molecular complexity index is 838. The Hall–Kier alpha value is -2.41. The topological polar surface area (TPSA) is 59.5 Å². The molecule has 5 nitrogen and oxygen atoms in total. The summed E-state index contributed by atoms with van der Waals surface area (Å²) >= 11 is 1.26. The lowest BCUT2D eigenvalue weighted by atomic mass is 10.1. The SMILES string of the molecule is CCOC(=O)/C=C1/SCC(=O)N1Cc1cc(F)cc2cccnc12. The number of pyridine rings is 1. The fourth-order valence-corrected chi connectivity index (χ4v) is 3.43. The maximum atomic E-state index is 13.9. The molecule has 1 aromatic carbocycles. The van der Waals surface area contributed by atoms with Gasteiger partial charge in [-0.3, -0.25) is 9.78 Å². The summed E-state index contributed by atoms with van der Waals surface area (Å²) < 4.78 is 18.7. The second-order valence-corrected chi connectivity index (χ2v) is 6.14. The van der Waals surface area contributed by atoms with Crippen molar-refractivity contribution < 1.29 is 18.7 Å². The highest BCUT2D eigenvalue weighted by atomic mass is 32.2. The highest BCUT2D eigenvalue weighted by Gasteiger charge is 2.28. The molecule has 1 aromatic heterocycles. The average Bonchev–Trinajstić information content (AvgIpc) is 2.88. The summed E-state index contributed by atoms with van der Waals surface area (Å²) in [5.74, 6) is -0.780. The van der Waals surface area contributed by atoms with Gasteiger partial charge in [0.05, 0.1) is 35.5 Å². The quantitative estimate of drug-likeness (QED) is 0.629. The van der Waals surface area contributed by atoms with Gasteiger partial charge in [-0.05, 0) is 25.1 Å². The van der Waals surface area contributed by atoms with Crippen LogP contribution in [0.5, 0.6) is 0 Å². The average molecular weight is 346 g/mol. The van der Waals surface area contributed by atoms with Crippen molar-refractivity contribution in [2.45, 2.75) is 13.5 Å². The third-order valence-electron chi connectivity index (χ3n) is 3.52. The first kappa shape index (κ1) is 16.4. The third kappa shape index (κ3) is 3.41. The van der Waals surface area contributed by atoms with Gasteiger partial charge in [0, 0.05) is 17.1 Å². The zero-order valence-corrected chi connectivity index (χ0v) is 13.8. The molecule has 0 spiro atoms. The number of halogens is 1. The molecule has 2 heterocycles. The summed E-state index contributed by atoms with van der Waals surface area (Å²) in [6.07, 6.45) is 2.92. The largest absolute Gasteiger partial charge is 0.463 e. The fraction of sp³-hybridized carbons (Fsp3) is 0.235. The van der Waals surface area contributed by atoms with E-state index in [4.69, 9.17) is 4.74 Å². The van der Waals surface area contributed by atoms with E-state index in [1.54, 1.807) is 25.3 Å². The molecule has 0 radical (unpaired) electrons. The summed E-state index contributed by atoms with van der Waals surface area (Å²) in [7, 11) is 0. The minimum absolute atomic E-state index is 0.135. The van der Waals surface area contributed by atoms with E-state index in [-0.39, 0.29) is 30.6 Å². The molecule has 0 atom stereocenters. The molecular formula is C17H15FN2O3S. The molecule has 1 saturated heterocycles. The van der Waals surface area contributed by atoms with Gasteiger partial charge < -0.3 is 9.64 Å². The summed E-state index contributed by atoms with van der Waals surface area (Å²) in [5.41, 5.74) is 1.23. The van der Waals surface area contributed by atoms with Crippen LogP contribution >= 0.6 is 11.8 Å². The number of nitrogens with zero attached hydrogens (tertiary/aromatic N) is 2. The van der Waals surface area contributed by atoms with Crippen LogP contribution in [0.4, 0.5) is 4.39 Å². The van der Waals surface area contributed by atoms with Crippen LogP contribution < -0.4 is 0 Å². The number of ether oxygens (including phenoxy) is 1. The first-order valence-electron chi connectivity index (χ1n) is 7.43. The number of rotatable bonds is 4. The van der Waals surface area contributed by atoms with Crippen molar-refractivity contribution >= 4 is 34.5 Å². The van der Waals surface area contributed by atoms with Gasteiger partial charge in [-0.15, -0.1) is 0 Å². The lowest BCUT2D eigenvalue weighted by Gasteiger charge is -2.18. The number of amides is 1. The Labute approximate surface area is 142 Å². The number of benzene rings is 1. The van der Waals surface area contributed by atoms with E-state index in [2.05, 4.69) is 4.98 Å². The minimum Gasteiger partial charge on any atom is -0.463 e. The van der Waals surface area contributed by atoms with Crippen molar-refractivity contribution in [1.82, 2.24) is 9.88 Å². The van der Waals surface area contributed by atoms with Crippen LogP contribution in [0, 0.1) is 5.82 Å². The van der Waals surface area contributed by atoms with Gasteiger partial charge in [0.15, 0.2) is 0 Å². The Morgan fingerprint density at radius 3 is 3.12 bits per heavy atom. The lowest BCUT2D eigenvalue weighted by Crippen LogP contribution is -2.24. The van der Waals surface area contributed by atoms with E-state index in [1.807, 2.05) is 0 Å². The Kier molecular flexibility index (Phi) is 4.80. The van der Waals surface area contributed by atoms with Crippen LogP contribution in [0.15, 0.2) is 41.6 Å². The van der Waals surface area contributed by atoms with Crippen molar-refractivity contribution in [2.75, 3.05) is 12.4 Å². The molecule has 2 aromatic rings. The Morgan fingerprint density at radius 2 is 2.33 bits per heavy atom. The van der Waals surface area contributed by atoms with Crippen molar-refractivity contribution in [1.29, 1.82) is 0 Å². The van der Waals surface area contributed by atoms with E-state index >= 15 is 0 Å². The van der Waals surface area contributed by atoms with Gasteiger partial charge >= 0.3 is 5.97 Å². The van der Waals surface area contributed by atoms with Crippen LogP contribution in [-0.2, 0) is 20.9 Å². The molecule has 0 N–H and O–H groups in total. The summed E-state index contributed by atoms with van der Waals surface area (Å²) in [6, 6.07) is 6.27. The molecular weight excluding hydrogens is 331 g/mol. The summed E-state index contributed by atoms with van der Waals surface area (Å²) in [4.78, 5) is 29.5. The van der Waals surface area contributed by atoms with Gasteiger partial charge in [-0.25, -0.2) is 9.18 Å². The first-order chi connectivity index (χ1) is 11.6. The van der Waals surface area contributed by atoms with Crippen molar-refractivity contribution in [2.24, 2.45) is 0 Å². The molecule has 0 bridgehead atoms. The highest BCUT2D eigenvalue weighted by molar-refractivity contribution is 8.04. The first-order valence-corrected chi connectivity index (χ1v) is 8.42. The predicted molar refractivity (Wildman–Crippen MR) is 89.4 cm³/mol. The third-order valence-corrected chi connectivity index (χ3v) is 4.54. The van der Waals surface area contributed by atoms with Crippen LogP contribution in [-0.4, -0.2) is 34.1 Å². The fourth-order valence-electron chi connectivity index (χ4n) is 2.50. The lowest BCUT2D eigenvalue weighted by molar-refractivity contribution is -0.137. The summed E-state index contributed by atoms with van der Waals surface area (Å²) in [5, 5.41) is 1.18. The zero-order chi connectivity index (χ0) is 17.1. The molecule has 0 unspecified atom stereocenters. The van der Waals surface area contributed by atoms with Gasteiger partial charge in [0.1, 0.15) is 5.82 Å². The second-order valence-electron chi connectivity index (χ2n) is 5.14. The van der Waals surface area contributed by atoms with E-state index in [0.717, 1.165) is 0 Å². The van der Waals surface area contributed by atoms with Crippen molar-refractivity contribution in [3.63, 3.8) is 0 Å². The van der Waals surface area contributed by atoms with Gasteiger partial charge in [0.25, 0.3) is 0 Å². The zero-order valence-electron chi connectivity index (χ0n) is 13.0. The number of hydrogen-bond acceptors (Lipinski definition) is 5. The molecule has 1 fully saturated rings. The smallest absolute Gasteiger partial charge is 0.333 e. The number of esters is 1. The molecule has 7 heteroatoms. The molecule has 1 aliphatic rings. The van der Waals surface area contributed by atoms with Gasteiger partial charge in [-0.2, -0.15) is 0 Å². The van der Waals surface area contributed by atoms with E-state index < -0.39 is 5.97 Å². The number of hydrogen-bond donors (Lipinski definition) is 0. The molecule has 3 rings (SSSR count).